The van der Waals surface area contributed by atoms with Crippen molar-refractivity contribution >= 4 is 33.3 Å². The van der Waals surface area contributed by atoms with Crippen LogP contribution in [0.2, 0.25) is 0 Å². The fourth-order valence-corrected chi connectivity index (χ4v) is 5.59. The van der Waals surface area contributed by atoms with Gasteiger partial charge in [0, 0.05) is 26.2 Å². The quantitative estimate of drug-likeness (QED) is 0.790. The lowest BCUT2D eigenvalue weighted by molar-refractivity contribution is 0.0627. The third-order valence-corrected chi connectivity index (χ3v) is 6.72. The van der Waals surface area contributed by atoms with Gasteiger partial charge in [0.05, 0.1) is 23.5 Å². The fraction of sp³-hybridized carbons (Fsp3) is 0.650. The largest absolute Gasteiger partial charge is 0.378 e. The minimum atomic E-state index is 0.152. The number of morpholine rings is 1. The maximum Gasteiger partial charge on any atom is 0.264 e. The number of carbonyl (C=O) groups is 1. The van der Waals surface area contributed by atoms with Gasteiger partial charge in [0.25, 0.3) is 5.91 Å². The van der Waals surface area contributed by atoms with Crippen LogP contribution in [-0.4, -0.2) is 60.2 Å². The van der Waals surface area contributed by atoms with Crippen LogP contribution in [0, 0.1) is 25.7 Å². The summed E-state index contributed by atoms with van der Waals surface area (Å²) < 4.78 is 5.49. The lowest BCUT2D eigenvalue weighted by Crippen LogP contribution is -2.42. The van der Waals surface area contributed by atoms with Crippen molar-refractivity contribution in [2.45, 2.75) is 34.1 Å². The number of aryl methyl sites for hydroxylation is 2. The highest BCUT2D eigenvalue weighted by molar-refractivity contribution is 7.20. The van der Waals surface area contributed by atoms with E-state index in [0.29, 0.717) is 25.0 Å². The summed E-state index contributed by atoms with van der Waals surface area (Å²) in [6.07, 6.45) is 1.20. The van der Waals surface area contributed by atoms with E-state index < -0.39 is 0 Å². The molecule has 4 rings (SSSR count). The molecule has 2 aliphatic heterocycles. The molecule has 2 unspecified atom stereocenters. The van der Waals surface area contributed by atoms with Gasteiger partial charge in [-0.2, -0.15) is 0 Å². The molecule has 2 aromatic heterocycles. The molecule has 0 saturated carbocycles. The molecule has 0 aliphatic carbocycles. The van der Waals surface area contributed by atoms with E-state index in [9.17, 15) is 4.79 Å². The Balaban J connectivity index is 1.74. The molecule has 0 spiro atoms. The van der Waals surface area contributed by atoms with Crippen LogP contribution < -0.4 is 4.90 Å². The SMILES string of the molecule is Cc1nc(N2CCOCC2)c2c(C)c(C(=O)N3CC(C)CC(C)C3)sc2n1. The zero-order valence-corrected chi connectivity index (χ0v) is 17.4. The first kappa shape index (κ1) is 18.6. The number of hydrogen-bond acceptors (Lipinski definition) is 6. The topological polar surface area (TPSA) is 58.6 Å². The van der Waals surface area contributed by atoms with Crippen LogP contribution in [0.3, 0.4) is 0 Å². The van der Waals surface area contributed by atoms with Crippen LogP contribution in [0.4, 0.5) is 5.82 Å². The molecule has 1 amide bonds. The summed E-state index contributed by atoms with van der Waals surface area (Å²) in [6, 6.07) is 0. The van der Waals surface area contributed by atoms with Crippen LogP contribution in [0.15, 0.2) is 0 Å². The molecule has 0 bridgehead atoms. The molecule has 27 heavy (non-hydrogen) atoms. The smallest absolute Gasteiger partial charge is 0.264 e. The molecule has 2 aliphatic rings. The predicted octanol–water partition coefficient (Wildman–Crippen LogP) is 3.26. The van der Waals surface area contributed by atoms with Crippen molar-refractivity contribution in [2.75, 3.05) is 44.3 Å². The Labute approximate surface area is 164 Å². The average Bonchev–Trinajstić information content (AvgIpc) is 2.96. The highest BCUT2D eigenvalue weighted by Crippen LogP contribution is 2.37. The Morgan fingerprint density at radius 1 is 1.11 bits per heavy atom. The highest BCUT2D eigenvalue weighted by Gasteiger charge is 2.30. The Kier molecular flexibility index (Phi) is 5.07. The molecular weight excluding hydrogens is 360 g/mol. The number of nitrogens with zero attached hydrogens (tertiary/aromatic N) is 4. The van der Waals surface area contributed by atoms with Crippen LogP contribution in [0.25, 0.3) is 10.2 Å². The fourth-order valence-electron chi connectivity index (χ4n) is 4.40. The van der Waals surface area contributed by atoms with Crippen molar-refractivity contribution in [1.82, 2.24) is 14.9 Å². The average molecular weight is 389 g/mol. The first-order valence-electron chi connectivity index (χ1n) is 9.83. The van der Waals surface area contributed by atoms with E-state index in [-0.39, 0.29) is 5.91 Å². The third kappa shape index (κ3) is 3.55. The number of hydrogen-bond donors (Lipinski definition) is 0. The maximum absolute atomic E-state index is 13.3. The standard InChI is InChI=1S/C20H28N4O2S/c1-12-9-13(2)11-24(10-12)20(25)17-14(3)16-18(23-5-7-26-8-6-23)21-15(4)22-19(16)27-17/h12-13H,5-11H2,1-4H3. The Bertz CT molecular complexity index is 849. The minimum Gasteiger partial charge on any atom is -0.378 e. The lowest BCUT2D eigenvalue weighted by Gasteiger charge is -2.34. The minimum absolute atomic E-state index is 0.152. The van der Waals surface area contributed by atoms with Crippen molar-refractivity contribution in [3.05, 3.63) is 16.3 Å². The van der Waals surface area contributed by atoms with E-state index in [4.69, 9.17) is 9.72 Å². The second-order valence-corrected chi connectivity index (χ2v) is 9.09. The molecule has 0 aromatic carbocycles. The highest BCUT2D eigenvalue weighted by atomic mass is 32.1. The summed E-state index contributed by atoms with van der Waals surface area (Å²) in [5.41, 5.74) is 1.02. The van der Waals surface area contributed by atoms with Crippen LogP contribution in [-0.2, 0) is 4.74 Å². The molecule has 6 nitrogen and oxygen atoms in total. The van der Waals surface area contributed by atoms with Crippen molar-refractivity contribution in [2.24, 2.45) is 11.8 Å². The molecule has 146 valence electrons. The molecule has 2 saturated heterocycles. The monoisotopic (exact) mass is 388 g/mol. The number of rotatable bonds is 2. The molecule has 4 heterocycles. The number of likely N-dealkylation sites (tertiary alicyclic amines) is 1. The maximum atomic E-state index is 13.3. The first-order valence-corrected chi connectivity index (χ1v) is 10.7. The number of anilines is 1. The van der Waals surface area contributed by atoms with Gasteiger partial charge in [-0.3, -0.25) is 4.79 Å². The Morgan fingerprint density at radius 2 is 1.78 bits per heavy atom. The van der Waals surface area contributed by atoms with Gasteiger partial charge in [0.2, 0.25) is 0 Å². The van der Waals surface area contributed by atoms with Gasteiger partial charge in [0.1, 0.15) is 16.5 Å². The van der Waals surface area contributed by atoms with E-state index >= 15 is 0 Å². The van der Waals surface area contributed by atoms with Gasteiger partial charge in [-0.05, 0) is 37.7 Å². The van der Waals surface area contributed by atoms with Gasteiger partial charge < -0.3 is 14.5 Å². The predicted molar refractivity (Wildman–Crippen MR) is 109 cm³/mol. The molecule has 7 heteroatoms. The van der Waals surface area contributed by atoms with Gasteiger partial charge in [0.15, 0.2) is 0 Å². The second kappa shape index (κ2) is 7.36. The first-order chi connectivity index (χ1) is 12.9. The number of carbonyl (C=O) groups excluding carboxylic acids is 1. The number of thiophene rings is 1. The summed E-state index contributed by atoms with van der Waals surface area (Å²) >= 11 is 1.52. The number of fused-ring (bicyclic) bond motifs is 1. The van der Waals surface area contributed by atoms with E-state index in [2.05, 4.69) is 23.7 Å². The molecule has 2 aromatic rings. The summed E-state index contributed by atoms with van der Waals surface area (Å²) in [6.45, 7) is 13.2. The van der Waals surface area contributed by atoms with E-state index in [0.717, 1.165) is 58.5 Å². The van der Waals surface area contributed by atoms with Crippen molar-refractivity contribution in [1.29, 1.82) is 0 Å². The summed E-state index contributed by atoms with van der Waals surface area (Å²) in [4.78, 5) is 28.7. The zero-order chi connectivity index (χ0) is 19.1. The van der Waals surface area contributed by atoms with Gasteiger partial charge in [-0.15, -0.1) is 11.3 Å². The molecule has 0 radical (unpaired) electrons. The van der Waals surface area contributed by atoms with E-state index in [1.807, 2.05) is 18.7 Å². The van der Waals surface area contributed by atoms with Gasteiger partial charge in [-0.25, -0.2) is 9.97 Å². The third-order valence-electron chi connectivity index (χ3n) is 5.54. The van der Waals surface area contributed by atoms with Crippen LogP contribution in [0.5, 0.6) is 0 Å². The number of piperidine rings is 1. The van der Waals surface area contributed by atoms with Crippen molar-refractivity contribution in [3.8, 4) is 0 Å². The Morgan fingerprint density at radius 3 is 2.44 bits per heavy atom. The van der Waals surface area contributed by atoms with E-state index in [1.54, 1.807) is 0 Å². The lowest BCUT2D eigenvalue weighted by atomic mass is 9.92. The number of amides is 1. The second-order valence-electron chi connectivity index (χ2n) is 8.09. The molecular formula is C20H28N4O2S. The number of ether oxygens (including phenoxy) is 1. The van der Waals surface area contributed by atoms with Gasteiger partial charge >= 0.3 is 0 Å². The molecule has 2 atom stereocenters. The van der Waals surface area contributed by atoms with Crippen LogP contribution >= 0.6 is 11.3 Å². The summed E-state index contributed by atoms with van der Waals surface area (Å²) in [7, 11) is 0. The number of aromatic nitrogens is 2. The Hall–Kier alpha value is -1.73. The molecule has 0 N–H and O–H groups in total. The summed E-state index contributed by atoms with van der Waals surface area (Å²) in [5.74, 6) is 2.97. The van der Waals surface area contributed by atoms with Gasteiger partial charge in [-0.1, -0.05) is 13.8 Å². The molecule has 2 fully saturated rings. The van der Waals surface area contributed by atoms with Crippen LogP contribution in [0.1, 0.15) is 41.3 Å². The zero-order valence-electron chi connectivity index (χ0n) is 16.6. The van der Waals surface area contributed by atoms with Crippen molar-refractivity contribution < 1.29 is 9.53 Å². The van der Waals surface area contributed by atoms with Crippen molar-refractivity contribution in [3.63, 3.8) is 0 Å². The summed E-state index contributed by atoms with van der Waals surface area (Å²) in [5, 5.41) is 1.04. The van der Waals surface area contributed by atoms with E-state index in [1.165, 1.54) is 17.8 Å². The normalized spacial score (nSPS) is 23.9.